The molecular formula is C13H21NO. The molecule has 0 bridgehead atoms. The Labute approximate surface area is 92.4 Å². The largest absolute Gasteiger partial charge is 0.382 e. The number of hydrogen-bond acceptors (Lipinski definition) is 2. The van der Waals surface area contributed by atoms with Gasteiger partial charge in [-0.1, -0.05) is 36.2 Å². The first-order valence-corrected chi connectivity index (χ1v) is 5.38. The van der Waals surface area contributed by atoms with E-state index in [0.29, 0.717) is 6.61 Å². The van der Waals surface area contributed by atoms with Gasteiger partial charge in [-0.25, -0.2) is 0 Å². The highest BCUT2D eigenvalue weighted by atomic mass is 16.5. The topological polar surface area (TPSA) is 35.2 Å². The predicted molar refractivity (Wildman–Crippen MR) is 63.9 cm³/mol. The summed E-state index contributed by atoms with van der Waals surface area (Å²) in [6.07, 6.45) is 0.879. The molecule has 1 atom stereocenters. The number of rotatable bonds is 4. The van der Waals surface area contributed by atoms with Crippen molar-refractivity contribution in [1.82, 2.24) is 0 Å². The second-order valence-corrected chi connectivity index (χ2v) is 4.32. The van der Waals surface area contributed by atoms with Gasteiger partial charge in [0, 0.05) is 7.11 Å². The van der Waals surface area contributed by atoms with E-state index in [0.717, 1.165) is 6.42 Å². The Morgan fingerprint density at radius 3 is 2.13 bits per heavy atom. The van der Waals surface area contributed by atoms with Gasteiger partial charge in [-0.3, -0.25) is 0 Å². The minimum atomic E-state index is -0.356. The summed E-state index contributed by atoms with van der Waals surface area (Å²) in [5.74, 6) is 0. The molecular weight excluding hydrogens is 186 g/mol. The maximum Gasteiger partial charge on any atom is 0.0684 e. The van der Waals surface area contributed by atoms with Gasteiger partial charge in [-0.2, -0.15) is 0 Å². The van der Waals surface area contributed by atoms with Crippen LogP contribution in [0.15, 0.2) is 18.2 Å². The molecule has 0 aliphatic rings. The van der Waals surface area contributed by atoms with E-state index < -0.39 is 0 Å². The average molecular weight is 207 g/mol. The summed E-state index contributed by atoms with van der Waals surface area (Å²) >= 11 is 0. The van der Waals surface area contributed by atoms with Gasteiger partial charge in [0.1, 0.15) is 0 Å². The summed E-state index contributed by atoms with van der Waals surface area (Å²) < 4.78 is 5.21. The number of hydrogen-bond donors (Lipinski definition) is 1. The van der Waals surface area contributed by atoms with Crippen LogP contribution in [-0.4, -0.2) is 13.7 Å². The standard InChI is InChI=1S/C13H21NO/c1-5-13(14,9-15-4)12-7-10(2)6-11(3)8-12/h6-8H,5,9,14H2,1-4H3. The van der Waals surface area contributed by atoms with Crippen molar-refractivity contribution in [2.24, 2.45) is 5.73 Å². The SMILES string of the molecule is CCC(N)(COC)c1cc(C)cc(C)c1. The van der Waals surface area contributed by atoms with Gasteiger partial charge in [-0.05, 0) is 25.8 Å². The molecule has 0 radical (unpaired) electrons. The molecule has 0 saturated carbocycles. The second kappa shape index (κ2) is 4.77. The Hall–Kier alpha value is -0.860. The van der Waals surface area contributed by atoms with Gasteiger partial charge < -0.3 is 10.5 Å². The van der Waals surface area contributed by atoms with Crippen molar-refractivity contribution in [3.63, 3.8) is 0 Å². The highest BCUT2D eigenvalue weighted by Crippen LogP contribution is 2.24. The fourth-order valence-electron chi connectivity index (χ4n) is 1.91. The van der Waals surface area contributed by atoms with Crippen LogP contribution in [0.1, 0.15) is 30.0 Å². The van der Waals surface area contributed by atoms with Crippen LogP contribution in [0.5, 0.6) is 0 Å². The van der Waals surface area contributed by atoms with Crippen LogP contribution in [0.3, 0.4) is 0 Å². The lowest BCUT2D eigenvalue weighted by Crippen LogP contribution is -2.40. The first-order valence-electron chi connectivity index (χ1n) is 5.38. The van der Waals surface area contributed by atoms with E-state index in [-0.39, 0.29) is 5.54 Å². The molecule has 0 saturated heterocycles. The molecule has 2 nitrogen and oxygen atoms in total. The maximum atomic E-state index is 6.34. The molecule has 0 amide bonds. The van der Waals surface area contributed by atoms with E-state index >= 15 is 0 Å². The van der Waals surface area contributed by atoms with E-state index in [1.165, 1.54) is 16.7 Å². The molecule has 0 aliphatic carbocycles. The van der Waals surface area contributed by atoms with Crippen molar-refractivity contribution in [2.75, 3.05) is 13.7 Å². The molecule has 1 aromatic carbocycles. The van der Waals surface area contributed by atoms with Gasteiger partial charge in [0.25, 0.3) is 0 Å². The Balaban J connectivity index is 3.11. The van der Waals surface area contributed by atoms with E-state index in [2.05, 4.69) is 39.0 Å². The van der Waals surface area contributed by atoms with Gasteiger partial charge in [0.05, 0.1) is 12.1 Å². The van der Waals surface area contributed by atoms with Crippen molar-refractivity contribution in [2.45, 2.75) is 32.7 Å². The quantitative estimate of drug-likeness (QED) is 0.823. The summed E-state index contributed by atoms with van der Waals surface area (Å²) in [6, 6.07) is 6.46. The highest BCUT2D eigenvalue weighted by Gasteiger charge is 2.25. The molecule has 2 N–H and O–H groups in total. The average Bonchev–Trinajstić information content (AvgIpc) is 2.16. The summed E-state index contributed by atoms with van der Waals surface area (Å²) in [5.41, 5.74) is 9.67. The van der Waals surface area contributed by atoms with Crippen molar-refractivity contribution in [1.29, 1.82) is 0 Å². The normalized spacial score (nSPS) is 15.0. The molecule has 0 spiro atoms. The molecule has 0 aliphatic heterocycles. The Kier molecular flexibility index (Phi) is 3.89. The van der Waals surface area contributed by atoms with Crippen molar-refractivity contribution < 1.29 is 4.74 Å². The number of methoxy groups -OCH3 is 1. The molecule has 0 fully saturated rings. The van der Waals surface area contributed by atoms with E-state index in [1.54, 1.807) is 7.11 Å². The number of aryl methyl sites for hydroxylation is 2. The van der Waals surface area contributed by atoms with Crippen molar-refractivity contribution in [3.8, 4) is 0 Å². The molecule has 0 aromatic heterocycles. The van der Waals surface area contributed by atoms with E-state index in [4.69, 9.17) is 10.5 Å². The zero-order valence-electron chi connectivity index (χ0n) is 10.1. The smallest absolute Gasteiger partial charge is 0.0684 e. The molecule has 1 rings (SSSR count). The third-order valence-corrected chi connectivity index (χ3v) is 2.83. The molecule has 0 heterocycles. The zero-order chi connectivity index (χ0) is 11.5. The van der Waals surface area contributed by atoms with Gasteiger partial charge in [-0.15, -0.1) is 0 Å². The first-order chi connectivity index (χ1) is 7.01. The Morgan fingerprint density at radius 2 is 1.73 bits per heavy atom. The maximum absolute atomic E-state index is 6.34. The fraction of sp³-hybridized carbons (Fsp3) is 0.538. The molecule has 2 heteroatoms. The second-order valence-electron chi connectivity index (χ2n) is 4.32. The van der Waals surface area contributed by atoms with Crippen LogP contribution in [-0.2, 0) is 10.3 Å². The zero-order valence-corrected chi connectivity index (χ0v) is 10.1. The molecule has 84 valence electrons. The van der Waals surface area contributed by atoms with Gasteiger partial charge >= 0.3 is 0 Å². The summed E-state index contributed by atoms with van der Waals surface area (Å²) in [7, 11) is 1.69. The number of ether oxygens (including phenoxy) is 1. The predicted octanol–water partition coefficient (Wildman–Crippen LogP) is 2.51. The van der Waals surface area contributed by atoms with Crippen LogP contribution >= 0.6 is 0 Å². The Morgan fingerprint density at radius 1 is 1.20 bits per heavy atom. The monoisotopic (exact) mass is 207 g/mol. The highest BCUT2D eigenvalue weighted by molar-refractivity contribution is 5.33. The van der Waals surface area contributed by atoms with Crippen LogP contribution in [0.25, 0.3) is 0 Å². The minimum Gasteiger partial charge on any atom is -0.382 e. The van der Waals surface area contributed by atoms with Crippen LogP contribution in [0, 0.1) is 13.8 Å². The molecule has 15 heavy (non-hydrogen) atoms. The lowest BCUT2D eigenvalue weighted by atomic mass is 9.87. The molecule has 1 aromatic rings. The van der Waals surface area contributed by atoms with Crippen LogP contribution in [0.2, 0.25) is 0 Å². The van der Waals surface area contributed by atoms with Crippen molar-refractivity contribution in [3.05, 3.63) is 34.9 Å². The lowest BCUT2D eigenvalue weighted by molar-refractivity contribution is 0.129. The number of benzene rings is 1. The van der Waals surface area contributed by atoms with Crippen LogP contribution in [0.4, 0.5) is 0 Å². The lowest BCUT2D eigenvalue weighted by Gasteiger charge is -2.28. The first kappa shape index (κ1) is 12.2. The minimum absolute atomic E-state index is 0.356. The molecule has 1 unspecified atom stereocenters. The third-order valence-electron chi connectivity index (χ3n) is 2.83. The van der Waals surface area contributed by atoms with Gasteiger partial charge in [0.2, 0.25) is 0 Å². The van der Waals surface area contributed by atoms with Crippen molar-refractivity contribution >= 4 is 0 Å². The summed E-state index contributed by atoms with van der Waals surface area (Å²) in [6.45, 7) is 6.85. The fourth-order valence-corrected chi connectivity index (χ4v) is 1.91. The van der Waals surface area contributed by atoms with Gasteiger partial charge in [0.15, 0.2) is 0 Å². The van der Waals surface area contributed by atoms with Crippen LogP contribution < -0.4 is 5.73 Å². The number of nitrogens with two attached hydrogens (primary N) is 1. The summed E-state index contributed by atoms with van der Waals surface area (Å²) in [4.78, 5) is 0. The van der Waals surface area contributed by atoms with E-state index in [1.807, 2.05) is 0 Å². The van der Waals surface area contributed by atoms with E-state index in [9.17, 15) is 0 Å². The Bertz CT molecular complexity index is 315. The third kappa shape index (κ3) is 2.80. The summed E-state index contributed by atoms with van der Waals surface area (Å²) in [5, 5.41) is 0.